The van der Waals surface area contributed by atoms with Gasteiger partial charge in [-0.25, -0.2) is 4.79 Å². The van der Waals surface area contributed by atoms with Crippen LogP contribution in [0.3, 0.4) is 0 Å². The zero-order chi connectivity index (χ0) is 16.4. The number of carbonyl (C=O) groups is 1. The largest absolute Gasteiger partial charge is 0.465 e. The second-order valence-corrected chi connectivity index (χ2v) is 6.41. The number of methoxy groups -OCH3 is 1. The van der Waals surface area contributed by atoms with Crippen molar-refractivity contribution >= 4 is 17.3 Å². The molecule has 3 rings (SSSR count). The molecule has 4 heteroatoms. The molecule has 0 radical (unpaired) electrons. The highest BCUT2D eigenvalue weighted by Gasteiger charge is 2.25. The Hall–Kier alpha value is -2.33. The summed E-state index contributed by atoms with van der Waals surface area (Å²) in [5.74, 6) is -0.277. The van der Waals surface area contributed by atoms with Crippen LogP contribution in [-0.2, 0) is 11.3 Å². The number of aromatic nitrogens is 1. The van der Waals surface area contributed by atoms with E-state index in [-0.39, 0.29) is 5.97 Å². The number of hydrogen-bond donors (Lipinski definition) is 0. The van der Waals surface area contributed by atoms with Gasteiger partial charge in [-0.15, -0.1) is 11.3 Å². The molecule has 0 spiro atoms. The molecule has 0 fully saturated rings. The van der Waals surface area contributed by atoms with Crippen LogP contribution in [0, 0.1) is 13.8 Å². The van der Waals surface area contributed by atoms with Crippen LogP contribution in [-0.4, -0.2) is 17.6 Å². The van der Waals surface area contributed by atoms with Crippen molar-refractivity contribution in [2.75, 3.05) is 7.11 Å². The SMILES string of the molecule is COC(=O)c1c(-c2cccs2)c(C)n(Cc2ccccc2)c1C. The Morgan fingerprint density at radius 3 is 2.43 bits per heavy atom. The van der Waals surface area contributed by atoms with Crippen LogP contribution in [0.25, 0.3) is 10.4 Å². The predicted octanol–water partition coefficient (Wildman–Crippen LogP) is 4.67. The maximum absolute atomic E-state index is 12.3. The molecule has 118 valence electrons. The van der Waals surface area contributed by atoms with Gasteiger partial charge < -0.3 is 9.30 Å². The van der Waals surface area contributed by atoms with E-state index in [4.69, 9.17) is 4.74 Å². The van der Waals surface area contributed by atoms with Crippen LogP contribution in [0.15, 0.2) is 47.8 Å². The topological polar surface area (TPSA) is 31.2 Å². The standard InChI is InChI=1S/C19H19NO2S/c1-13-17(16-10-7-11-23-16)18(19(21)22-3)14(2)20(13)12-15-8-5-4-6-9-15/h4-11H,12H2,1-3H3. The highest BCUT2D eigenvalue weighted by atomic mass is 32.1. The fourth-order valence-corrected chi connectivity index (χ4v) is 3.79. The van der Waals surface area contributed by atoms with E-state index in [1.54, 1.807) is 11.3 Å². The normalized spacial score (nSPS) is 10.7. The number of ether oxygens (including phenoxy) is 1. The quantitative estimate of drug-likeness (QED) is 0.653. The van der Waals surface area contributed by atoms with Gasteiger partial charge in [0.15, 0.2) is 0 Å². The Labute approximate surface area is 140 Å². The second kappa shape index (κ2) is 6.42. The molecule has 0 atom stereocenters. The molecule has 0 aliphatic carbocycles. The number of rotatable bonds is 4. The van der Waals surface area contributed by atoms with E-state index in [0.717, 1.165) is 28.4 Å². The zero-order valence-electron chi connectivity index (χ0n) is 13.5. The van der Waals surface area contributed by atoms with E-state index in [1.165, 1.54) is 12.7 Å². The van der Waals surface area contributed by atoms with E-state index in [9.17, 15) is 4.79 Å². The van der Waals surface area contributed by atoms with Crippen molar-refractivity contribution in [1.82, 2.24) is 4.57 Å². The maximum Gasteiger partial charge on any atom is 0.340 e. The Kier molecular flexibility index (Phi) is 4.35. The molecule has 0 aliphatic heterocycles. The van der Waals surface area contributed by atoms with Gasteiger partial charge in [0, 0.05) is 28.4 Å². The average molecular weight is 325 g/mol. The molecular formula is C19H19NO2S. The summed E-state index contributed by atoms with van der Waals surface area (Å²) in [6, 6.07) is 14.3. The number of esters is 1. The summed E-state index contributed by atoms with van der Waals surface area (Å²) in [5, 5.41) is 2.03. The van der Waals surface area contributed by atoms with E-state index in [2.05, 4.69) is 23.6 Å². The lowest BCUT2D eigenvalue weighted by atomic mass is 10.1. The van der Waals surface area contributed by atoms with Crippen molar-refractivity contribution in [1.29, 1.82) is 0 Å². The Balaban J connectivity index is 2.16. The molecule has 0 bridgehead atoms. The van der Waals surface area contributed by atoms with Gasteiger partial charge in [-0.2, -0.15) is 0 Å². The van der Waals surface area contributed by atoms with Crippen molar-refractivity contribution in [3.63, 3.8) is 0 Å². The van der Waals surface area contributed by atoms with Crippen LogP contribution < -0.4 is 0 Å². The van der Waals surface area contributed by atoms with Gasteiger partial charge in [-0.1, -0.05) is 36.4 Å². The van der Waals surface area contributed by atoms with Gasteiger partial charge in [0.1, 0.15) is 0 Å². The predicted molar refractivity (Wildman–Crippen MR) is 94.1 cm³/mol. The molecule has 0 amide bonds. The number of benzene rings is 1. The van der Waals surface area contributed by atoms with Crippen LogP contribution in [0.5, 0.6) is 0 Å². The Morgan fingerprint density at radius 1 is 1.09 bits per heavy atom. The summed E-state index contributed by atoms with van der Waals surface area (Å²) in [7, 11) is 1.43. The van der Waals surface area contributed by atoms with Gasteiger partial charge in [0.05, 0.1) is 12.7 Å². The summed E-state index contributed by atoms with van der Waals surface area (Å²) in [6.45, 7) is 4.80. The lowest BCUT2D eigenvalue weighted by Crippen LogP contribution is -2.07. The number of hydrogen-bond acceptors (Lipinski definition) is 3. The maximum atomic E-state index is 12.3. The summed E-state index contributed by atoms with van der Waals surface area (Å²) in [5.41, 5.74) is 4.90. The first-order chi connectivity index (χ1) is 11.1. The Bertz CT molecular complexity index is 817. The minimum absolute atomic E-state index is 0.277. The molecule has 2 heterocycles. The molecule has 0 unspecified atom stereocenters. The summed E-state index contributed by atoms with van der Waals surface area (Å²) < 4.78 is 7.22. The molecule has 0 saturated heterocycles. The van der Waals surface area contributed by atoms with Crippen molar-refractivity contribution in [2.24, 2.45) is 0 Å². The van der Waals surface area contributed by atoms with Crippen LogP contribution >= 0.6 is 11.3 Å². The molecule has 23 heavy (non-hydrogen) atoms. The van der Waals surface area contributed by atoms with Crippen molar-refractivity contribution < 1.29 is 9.53 Å². The first kappa shape index (κ1) is 15.6. The molecule has 0 aliphatic rings. The van der Waals surface area contributed by atoms with E-state index in [0.29, 0.717) is 5.56 Å². The lowest BCUT2D eigenvalue weighted by Gasteiger charge is -2.09. The first-order valence-corrected chi connectivity index (χ1v) is 8.37. The van der Waals surface area contributed by atoms with Crippen LogP contribution in [0.2, 0.25) is 0 Å². The van der Waals surface area contributed by atoms with Gasteiger partial charge in [-0.3, -0.25) is 0 Å². The smallest absolute Gasteiger partial charge is 0.340 e. The van der Waals surface area contributed by atoms with Gasteiger partial charge in [-0.05, 0) is 30.9 Å². The number of thiophene rings is 1. The molecule has 2 aromatic heterocycles. The fourth-order valence-electron chi connectivity index (χ4n) is 2.96. The number of nitrogens with zero attached hydrogens (tertiary/aromatic N) is 1. The summed E-state index contributed by atoms with van der Waals surface area (Å²) in [4.78, 5) is 13.4. The molecule has 0 N–H and O–H groups in total. The van der Waals surface area contributed by atoms with E-state index >= 15 is 0 Å². The lowest BCUT2D eigenvalue weighted by molar-refractivity contribution is 0.0600. The van der Waals surface area contributed by atoms with E-state index < -0.39 is 0 Å². The first-order valence-electron chi connectivity index (χ1n) is 7.49. The second-order valence-electron chi connectivity index (χ2n) is 5.46. The minimum atomic E-state index is -0.277. The highest BCUT2D eigenvalue weighted by molar-refractivity contribution is 7.13. The molecule has 3 nitrogen and oxygen atoms in total. The van der Waals surface area contributed by atoms with Crippen LogP contribution in [0.1, 0.15) is 27.3 Å². The number of carbonyl (C=O) groups excluding carboxylic acids is 1. The summed E-state index contributed by atoms with van der Waals surface area (Å²) >= 11 is 1.64. The average Bonchev–Trinajstić information content (AvgIpc) is 3.17. The minimum Gasteiger partial charge on any atom is -0.465 e. The summed E-state index contributed by atoms with van der Waals surface area (Å²) in [6.07, 6.45) is 0. The highest BCUT2D eigenvalue weighted by Crippen LogP contribution is 2.36. The molecule has 0 saturated carbocycles. The van der Waals surface area contributed by atoms with Crippen molar-refractivity contribution in [3.05, 3.63) is 70.4 Å². The fraction of sp³-hybridized carbons (Fsp3) is 0.211. The van der Waals surface area contributed by atoms with Gasteiger partial charge in [0.2, 0.25) is 0 Å². The van der Waals surface area contributed by atoms with E-state index in [1.807, 2.05) is 42.6 Å². The van der Waals surface area contributed by atoms with Crippen LogP contribution in [0.4, 0.5) is 0 Å². The third-order valence-corrected chi connectivity index (χ3v) is 5.01. The molecule has 3 aromatic rings. The monoisotopic (exact) mass is 325 g/mol. The van der Waals surface area contributed by atoms with Crippen molar-refractivity contribution in [2.45, 2.75) is 20.4 Å². The Morgan fingerprint density at radius 2 is 1.83 bits per heavy atom. The van der Waals surface area contributed by atoms with Gasteiger partial charge >= 0.3 is 5.97 Å². The third kappa shape index (κ3) is 2.82. The van der Waals surface area contributed by atoms with Gasteiger partial charge in [0.25, 0.3) is 0 Å². The molecule has 1 aromatic carbocycles. The molecular weight excluding hydrogens is 306 g/mol. The van der Waals surface area contributed by atoms with Crippen molar-refractivity contribution in [3.8, 4) is 10.4 Å². The zero-order valence-corrected chi connectivity index (χ0v) is 14.3. The third-order valence-electron chi connectivity index (χ3n) is 4.12.